The molecule has 0 aromatic heterocycles. The first-order chi connectivity index (χ1) is 10.6. The second-order valence-electron chi connectivity index (χ2n) is 4.36. The molecule has 0 aliphatic heterocycles. The summed E-state index contributed by atoms with van der Waals surface area (Å²) in [5, 5.41) is 20.6. The topological polar surface area (TPSA) is 108 Å². The number of aromatic hydroxyl groups is 1. The molecule has 0 bridgehead atoms. The first kappa shape index (κ1) is 15.3. The number of ether oxygens (including phenoxy) is 1. The summed E-state index contributed by atoms with van der Waals surface area (Å²) >= 11 is 0. The van der Waals surface area contributed by atoms with Crippen molar-refractivity contribution in [3.63, 3.8) is 0 Å². The number of hydroxylamine groups is 1. The summed E-state index contributed by atoms with van der Waals surface area (Å²) in [6.07, 6.45) is -0.692. The molecular formula is C15H14N2O5. The summed E-state index contributed by atoms with van der Waals surface area (Å²) < 4.78 is 5.02. The monoisotopic (exact) mass is 302 g/mol. The highest BCUT2D eigenvalue weighted by atomic mass is 16.5. The zero-order valence-electron chi connectivity index (χ0n) is 11.4. The molecular weight excluding hydrogens is 288 g/mol. The molecule has 0 spiro atoms. The number of carbonyl (C=O) groups is 2. The molecule has 7 nitrogen and oxygen atoms in total. The molecule has 0 atom stereocenters. The lowest BCUT2D eigenvalue weighted by Crippen LogP contribution is -2.19. The van der Waals surface area contributed by atoms with E-state index in [4.69, 9.17) is 9.94 Å². The van der Waals surface area contributed by atoms with Gasteiger partial charge < -0.3 is 9.84 Å². The third-order valence-corrected chi connectivity index (χ3v) is 2.80. The summed E-state index contributed by atoms with van der Waals surface area (Å²) in [4.78, 5) is 22.8. The zero-order chi connectivity index (χ0) is 15.9. The van der Waals surface area contributed by atoms with E-state index >= 15 is 0 Å². The van der Waals surface area contributed by atoms with Gasteiger partial charge in [0.05, 0.1) is 5.56 Å². The molecule has 2 amide bonds. The maximum absolute atomic E-state index is 11.6. The van der Waals surface area contributed by atoms with E-state index in [1.54, 1.807) is 0 Å². The Kier molecular flexibility index (Phi) is 4.94. The number of nitrogens with one attached hydrogen (secondary N) is 2. The van der Waals surface area contributed by atoms with Crippen LogP contribution in [0.2, 0.25) is 0 Å². The van der Waals surface area contributed by atoms with Crippen LogP contribution < -0.4 is 10.8 Å². The Bertz CT molecular complexity index is 673. The Hall–Kier alpha value is -3.06. The van der Waals surface area contributed by atoms with Gasteiger partial charge in [0, 0.05) is 11.8 Å². The highest BCUT2D eigenvalue weighted by molar-refractivity contribution is 5.97. The fraction of sp³-hybridized carbons (Fsp3) is 0.0667. The van der Waals surface area contributed by atoms with E-state index in [1.165, 1.54) is 23.7 Å². The number of benzene rings is 2. The van der Waals surface area contributed by atoms with Crippen LogP contribution in [0, 0.1) is 0 Å². The molecule has 0 aliphatic carbocycles. The van der Waals surface area contributed by atoms with Crippen molar-refractivity contribution >= 4 is 17.7 Å². The largest absolute Gasteiger partial charge is 0.507 e. The second kappa shape index (κ2) is 7.09. The smallest absolute Gasteiger partial charge is 0.411 e. The quantitative estimate of drug-likeness (QED) is 0.512. The van der Waals surface area contributed by atoms with Gasteiger partial charge in [-0.25, -0.2) is 10.3 Å². The number of rotatable bonds is 4. The van der Waals surface area contributed by atoms with Gasteiger partial charge in [0.1, 0.15) is 12.4 Å². The van der Waals surface area contributed by atoms with Crippen LogP contribution in [0.4, 0.5) is 10.5 Å². The molecule has 2 aromatic carbocycles. The van der Waals surface area contributed by atoms with Gasteiger partial charge >= 0.3 is 6.09 Å². The van der Waals surface area contributed by atoms with E-state index in [0.717, 1.165) is 5.56 Å². The molecule has 2 aromatic rings. The molecule has 114 valence electrons. The first-order valence-electron chi connectivity index (χ1n) is 6.35. The molecule has 0 saturated heterocycles. The van der Waals surface area contributed by atoms with E-state index in [-0.39, 0.29) is 23.6 Å². The minimum Gasteiger partial charge on any atom is -0.507 e. The predicted octanol–water partition coefficient (Wildman–Crippen LogP) is 2.26. The molecule has 0 radical (unpaired) electrons. The van der Waals surface area contributed by atoms with E-state index in [2.05, 4.69) is 5.32 Å². The lowest BCUT2D eigenvalue weighted by Gasteiger charge is -2.09. The second-order valence-corrected chi connectivity index (χ2v) is 4.36. The van der Waals surface area contributed by atoms with Crippen molar-refractivity contribution in [2.45, 2.75) is 6.61 Å². The van der Waals surface area contributed by atoms with Gasteiger partial charge in [-0.2, -0.15) is 0 Å². The van der Waals surface area contributed by atoms with Gasteiger partial charge in [-0.05, 0) is 17.7 Å². The number of amides is 2. The van der Waals surface area contributed by atoms with Crippen LogP contribution in [-0.2, 0) is 11.3 Å². The van der Waals surface area contributed by atoms with Crippen LogP contribution in [0.5, 0.6) is 5.75 Å². The van der Waals surface area contributed by atoms with Gasteiger partial charge in [0.15, 0.2) is 0 Å². The molecule has 4 N–H and O–H groups in total. The van der Waals surface area contributed by atoms with Crippen molar-refractivity contribution in [3.8, 4) is 5.75 Å². The lowest BCUT2D eigenvalue weighted by molar-refractivity contribution is 0.0703. The van der Waals surface area contributed by atoms with E-state index < -0.39 is 12.0 Å². The van der Waals surface area contributed by atoms with Crippen molar-refractivity contribution in [1.82, 2.24) is 5.48 Å². The predicted molar refractivity (Wildman–Crippen MR) is 77.6 cm³/mol. The lowest BCUT2D eigenvalue weighted by atomic mass is 10.1. The first-order valence-corrected chi connectivity index (χ1v) is 6.35. The summed E-state index contributed by atoms with van der Waals surface area (Å²) in [6.45, 7) is 0.115. The summed E-state index contributed by atoms with van der Waals surface area (Å²) in [7, 11) is 0. The normalized spacial score (nSPS) is 9.86. The summed E-state index contributed by atoms with van der Waals surface area (Å²) in [5.41, 5.74) is 2.39. The third-order valence-electron chi connectivity index (χ3n) is 2.80. The zero-order valence-corrected chi connectivity index (χ0v) is 11.4. The maximum atomic E-state index is 11.6. The van der Waals surface area contributed by atoms with Gasteiger partial charge in [-0.1, -0.05) is 30.3 Å². The Labute approximate surface area is 126 Å². The van der Waals surface area contributed by atoms with Crippen molar-refractivity contribution in [1.29, 1.82) is 0 Å². The van der Waals surface area contributed by atoms with Gasteiger partial charge in [0.25, 0.3) is 5.91 Å². The number of phenols is 1. The van der Waals surface area contributed by atoms with E-state index in [0.29, 0.717) is 0 Å². The molecule has 0 aliphatic rings. The number of hydrogen-bond donors (Lipinski definition) is 4. The van der Waals surface area contributed by atoms with E-state index in [1.807, 2.05) is 30.3 Å². The number of carbonyl (C=O) groups excluding carboxylic acids is 2. The molecule has 0 unspecified atom stereocenters. The summed E-state index contributed by atoms with van der Waals surface area (Å²) in [6, 6.07) is 13.0. The van der Waals surface area contributed by atoms with Gasteiger partial charge in [-0.15, -0.1) is 0 Å². The van der Waals surface area contributed by atoms with Gasteiger partial charge in [0.2, 0.25) is 0 Å². The van der Waals surface area contributed by atoms with Crippen LogP contribution >= 0.6 is 0 Å². The van der Waals surface area contributed by atoms with Crippen LogP contribution in [0.25, 0.3) is 0 Å². The van der Waals surface area contributed by atoms with Crippen molar-refractivity contribution < 1.29 is 24.6 Å². The number of phenolic OH excluding ortho intramolecular Hbond substituents is 1. The van der Waals surface area contributed by atoms with Crippen LogP contribution in [-0.4, -0.2) is 22.3 Å². The molecule has 0 saturated carbocycles. The van der Waals surface area contributed by atoms with Crippen molar-refractivity contribution in [2.75, 3.05) is 5.32 Å². The van der Waals surface area contributed by atoms with Crippen LogP contribution in [0.1, 0.15) is 15.9 Å². The SMILES string of the molecule is O=C(Nc1ccc(C(=O)NO)c(O)c1)OCc1ccccc1. The Morgan fingerprint density at radius 2 is 1.82 bits per heavy atom. The molecule has 2 rings (SSSR count). The van der Waals surface area contributed by atoms with Crippen molar-refractivity contribution in [3.05, 3.63) is 59.7 Å². The van der Waals surface area contributed by atoms with Crippen LogP contribution in [0.15, 0.2) is 48.5 Å². The maximum Gasteiger partial charge on any atom is 0.411 e. The fourth-order valence-corrected chi connectivity index (χ4v) is 1.74. The van der Waals surface area contributed by atoms with Gasteiger partial charge in [-0.3, -0.25) is 15.3 Å². The molecule has 0 heterocycles. The average Bonchev–Trinajstić information content (AvgIpc) is 2.53. The Balaban J connectivity index is 1.94. The minimum absolute atomic E-state index is 0.115. The Morgan fingerprint density at radius 1 is 1.09 bits per heavy atom. The summed E-state index contributed by atoms with van der Waals surface area (Å²) in [5.74, 6) is -1.23. The van der Waals surface area contributed by atoms with Crippen LogP contribution in [0.3, 0.4) is 0 Å². The number of hydrogen-bond acceptors (Lipinski definition) is 5. The Morgan fingerprint density at radius 3 is 2.45 bits per heavy atom. The average molecular weight is 302 g/mol. The highest BCUT2D eigenvalue weighted by Crippen LogP contribution is 2.22. The molecule has 7 heteroatoms. The highest BCUT2D eigenvalue weighted by Gasteiger charge is 2.12. The third kappa shape index (κ3) is 3.97. The van der Waals surface area contributed by atoms with Crippen molar-refractivity contribution in [2.24, 2.45) is 0 Å². The minimum atomic E-state index is -0.851. The standard InChI is InChI=1S/C15H14N2O5/c18-13-8-11(6-7-12(13)14(19)17-21)16-15(20)22-9-10-4-2-1-3-5-10/h1-8,18,21H,9H2,(H,16,20)(H,17,19). The number of anilines is 1. The van der Waals surface area contributed by atoms with E-state index in [9.17, 15) is 14.7 Å². The molecule has 0 fully saturated rings. The molecule has 22 heavy (non-hydrogen) atoms. The fourth-order valence-electron chi connectivity index (χ4n) is 1.74.